The number of anilines is 1. The van der Waals surface area contributed by atoms with Crippen LogP contribution in [0.1, 0.15) is 15.9 Å². The van der Waals surface area contributed by atoms with E-state index in [9.17, 15) is 9.18 Å². The van der Waals surface area contributed by atoms with E-state index < -0.39 is 11.6 Å². The van der Waals surface area contributed by atoms with Gasteiger partial charge in [0.15, 0.2) is 5.78 Å². The Morgan fingerprint density at radius 2 is 1.94 bits per heavy atom. The Kier molecular flexibility index (Phi) is 3.38. The van der Waals surface area contributed by atoms with Gasteiger partial charge in [-0.3, -0.25) is 4.79 Å². The first-order valence-corrected chi connectivity index (χ1v) is 6.11. The molecule has 0 bridgehead atoms. The van der Waals surface area contributed by atoms with Crippen molar-refractivity contribution in [1.82, 2.24) is 0 Å². The van der Waals surface area contributed by atoms with Gasteiger partial charge in [-0.2, -0.15) is 0 Å². The second-order valence-electron chi connectivity index (χ2n) is 3.31. The van der Waals surface area contributed by atoms with Crippen LogP contribution >= 0.6 is 34.5 Å². The largest absolute Gasteiger partial charge is 0.399 e. The van der Waals surface area contributed by atoms with Gasteiger partial charge in [0.25, 0.3) is 0 Å². The molecule has 0 aliphatic heterocycles. The Hall–Kier alpha value is -1.10. The number of thiophene rings is 1. The fourth-order valence-corrected chi connectivity index (χ4v) is 2.81. The van der Waals surface area contributed by atoms with Crippen molar-refractivity contribution in [1.29, 1.82) is 0 Å². The van der Waals surface area contributed by atoms with E-state index in [4.69, 9.17) is 28.9 Å². The number of ketones is 1. The van der Waals surface area contributed by atoms with Crippen LogP contribution in [0.2, 0.25) is 8.67 Å². The molecule has 2 aromatic rings. The predicted molar refractivity (Wildman–Crippen MR) is 68.6 cm³/mol. The molecule has 2 N–H and O–H groups in total. The molecule has 0 atom stereocenters. The molecular formula is C11H6Cl2FNOS. The molecule has 0 aliphatic rings. The molecule has 17 heavy (non-hydrogen) atoms. The number of hydrogen-bond donors (Lipinski definition) is 1. The quantitative estimate of drug-likeness (QED) is 0.671. The first-order valence-electron chi connectivity index (χ1n) is 4.53. The van der Waals surface area contributed by atoms with Crippen LogP contribution in [0.4, 0.5) is 10.1 Å². The van der Waals surface area contributed by atoms with E-state index in [0.717, 1.165) is 17.4 Å². The van der Waals surface area contributed by atoms with E-state index in [1.165, 1.54) is 18.2 Å². The molecule has 2 nitrogen and oxygen atoms in total. The molecule has 88 valence electrons. The highest BCUT2D eigenvalue weighted by Crippen LogP contribution is 2.33. The van der Waals surface area contributed by atoms with Gasteiger partial charge < -0.3 is 5.73 Å². The summed E-state index contributed by atoms with van der Waals surface area (Å²) in [5.74, 6) is -1.18. The molecule has 6 heteroatoms. The van der Waals surface area contributed by atoms with E-state index >= 15 is 0 Å². The molecule has 0 spiro atoms. The fraction of sp³-hybridized carbons (Fsp3) is 0. The van der Waals surface area contributed by atoms with Gasteiger partial charge in [-0.05, 0) is 24.3 Å². The zero-order valence-electron chi connectivity index (χ0n) is 8.34. The summed E-state index contributed by atoms with van der Waals surface area (Å²) in [6.07, 6.45) is 0. The summed E-state index contributed by atoms with van der Waals surface area (Å²) < 4.78 is 14.2. The molecule has 0 saturated carbocycles. The average Bonchev–Trinajstić information content (AvgIpc) is 2.57. The van der Waals surface area contributed by atoms with E-state index in [1.807, 2.05) is 0 Å². The number of benzene rings is 1. The summed E-state index contributed by atoms with van der Waals surface area (Å²) in [6.45, 7) is 0. The fourth-order valence-electron chi connectivity index (χ4n) is 1.36. The van der Waals surface area contributed by atoms with Gasteiger partial charge in [-0.25, -0.2) is 4.39 Å². The summed E-state index contributed by atoms with van der Waals surface area (Å²) in [5.41, 5.74) is 5.79. The number of hydrogen-bond acceptors (Lipinski definition) is 3. The van der Waals surface area contributed by atoms with Gasteiger partial charge in [-0.15, -0.1) is 11.3 Å². The molecule has 0 saturated heterocycles. The standard InChI is InChI=1S/C11H6Cl2FNOS/c12-9-4-7(11(13)17-9)10(16)6-2-1-5(15)3-8(6)14/h1-4H,15H2. The van der Waals surface area contributed by atoms with Crippen molar-refractivity contribution in [2.45, 2.75) is 0 Å². The molecule has 0 unspecified atom stereocenters. The summed E-state index contributed by atoms with van der Waals surface area (Å²) in [7, 11) is 0. The topological polar surface area (TPSA) is 43.1 Å². The maximum atomic E-state index is 13.6. The van der Waals surface area contributed by atoms with Crippen molar-refractivity contribution in [2.75, 3.05) is 5.73 Å². The highest BCUT2D eigenvalue weighted by atomic mass is 35.5. The van der Waals surface area contributed by atoms with Crippen LogP contribution in [0.15, 0.2) is 24.3 Å². The van der Waals surface area contributed by atoms with E-state index in [-0.39, 0.29) is 21.2 Å². The Labute approximate surface area is 111 Å². The molecule has 0 aliphatic carbocycles. The second-order valence-corrected chi connectivity index (χ2v) is 5.59. The van der Waals surface area contributed by atoms with Crippen molar-refractivity contribution < 1.29 is 9.18 Å². The molecule has 2 rings (SSSR count). The van der Waals surface area contributed by atoms with Crippen molar-refractivity contribution in [3.8, 4) is 0 Å². The van der Waals surface area contributed by atoms with Crippen molar-refractivity contribution in [2.24, 2.45) is 0 Å². The van der Waals surface area contributed by atoms with Crippen LogP contribution in [0.5, 0.6) is 0 Å². The molecule has 0 radical (unpaired) electrons. The molecule has 1 aromatic carbocycles. The van der Waals surface area contributed by atoms with Crippen LogP contribution in [0, 0.1) is 5.82 Å². The van der Waals surface area contributed by atoms with Crippen LogP contribution in [-0.2, 0) is 0 Å². The van der Waals surface area contributed by atoms with Crippen LogP contribution in [-0.4, -0.2) is 5.78 Å². The third-order valence-electron chi connectivity index (χ3n) is 2.14. The predicted octanol–water partition coefficient (Wildman–Crippen LogP) is 4.01. The van der Waals surface area contributed by atoms with Crippen molar-refractivity contribution in [3.63, 3.8) is 0 Å². The molecular weight excluding hydrogens is 284 g/mol. The van der Waals surface area contributed by atoms with Gasteiger partial charge in [-0.1, -0.05) is 23.2 Å². The SMILES string of the molecule is Nc1ccc(C(=O)c2cc(Cl)sc2Cl)c(F)c1. The lowest BCUT2D eigenvalue weighted by Gasteiger charge is -2.02. The Bertz CT molecular complexity index is 597. The van der Waals surface area contributed by atoms with E-state index in [0.29, 0.717) is 4.34 Å². The third-order valence-corrected chi connectivity index (χ3v) is 3.63. The summed E-state index contributed by atoms with van der Waals surface area (Å²) >= 11 is 12.6. The highest BCUT2D eigenvalue weighted by molar-refractivity contribution is 7.20. The number of rotatable bonds is 2. The summed E-state index contributed by atoms with van der Waals surface area (Å²) in [4.78, 5) is 12.0. The number of halogens is 3. The lowest BCUT2D eigenvalue weighted by molar-refractivity contribution is 0.103. The maximum absolute atomic E-state index is 13.6. The van der Waals surface area contributed by atoms with Gasteiger partial charge in [0.2, 0.25) is 0 Å². The first kappa shape index (κ1) is 12.4. The lowest BCUT2D eigenvalue weighted by atomic mass is 10.1. The minimum absolute atomic E-state index is 0.0735. The van der Waals surface area contributed by atoms with Gasteiger partial charge >= 0.3 is 0 Å². The summed E-state index contributed by atoms with van der Waals surface area (Å²) in [6, 6.07) is 5.30. The zero-order chi connectivity index (χ0) is 12.6. The van der Waals surface area contributed by atoms with Crippen molar-refractivity contribution >= 4 is 46.0 Å². The molecule has 0 fully saturated rings. The maximum Gasteiger partial charge on any atom is 0.198 e. The molecule has 0 amide bonds. The number of carbonyl (C=O) groups is 1. The first-order chi connectivity index (χ1) is 7.99. The monoisotopic (exact) mass is 289 g/mol. The van der Waals surface area contributed by atoms with E-state index in [1.54, 1.807) is 0 Å². The van der Waals surface area contributed by atoms with Crippen LogP contribution in [0.25, 0.3) is 0 Å². The summed E-state index contributed by atoms with van der Waals surface area (Å²) in [5, 5.41) is 0. The smallest absolute Gasteiger partial charge is 0.198 e. The van der Waals surface area contributed by atoms with Crippen LogP contribution < -0.4 is 5.73 Å². The van der Waals surface area contributed by atoms with E-state index in [2.05, 4.69) is 0 Å². The van der Waals surface area contributed by atoms with Crippen LogP contribution in [0.3, 0.4) is 0 Å². The Morgan fingerprint density at radius 3 is 2.47 bits per heavy atom. The average molecular weight is 290 g/mol. The number of nitrogen functional groups attached to an aromatic ring is 1. The Balaban J connectivity index is 2.47. The normalized spacial score (nSPS) is 10.5. The highest BCUT2D eigenvalue weighted by Gasteiger charge is 2.19. The number of nitrogens with two attached hydrogens (primary N) is 1. The Morgan fingerprint density at radius 1 is 1.24 bits per heavy atom. The third kappa shape index (κ3) is 2.44. The molecule has 1 aromatic heterocycles. The van der Waals surface area contributed by atoms with Crippen molar-refractivity contribution in [3.05, 3.63) is 49.9 Å². The molecule has 1 heterocycles. The minimum atomic E-state index is -0.673. The lowest BCUT2D eigenvalue weighted by Crippen LogP contribution is -2.04. The zero-order valence-corrected chi connectivity index (χ0v) is 10.7. The second kappa shape index (κ2) is 4.64. The number of carbonyl (C=O) groups excluding carboxylic acids is 1. The minimum Gasteiger partial charge on any atom is -0.399 e. The van der Waals surface area contributed by atoms with Gasteiger partial charge in [0.1, 0.15) is 10.2 Å². The van der Waals surface area contributed by atoms with Gasteiger partial charge in [0, 0.05) is 5.69 Å². The van der Waals surface area contributed by atoms with Gasteiger partial charge in [0.05, 0.1) is 15.5 Å².